The number of anilines is 2. The maximum Gasteiger partial charge on any atom is 0.0451 e. The lowest BCUT2D eigenvalue weighted by atomic mass is 9.82. The first-order valence-electron chi connectivity index (χ1n) is 13.9. The molecule has 0 saturated carbocycles. The molecule has 0 bridgehead atoms. The largest absolute Gasteiger partial charge is 0.338 e. The standard InChI is InChI=1S/C34H37N/c1-7-24-18-19-27(26-14-10-9-11-15-26)21-32(24)35(23(3)4)33-22-31-29(20-25(33)8-2)28-16-12-13-17-30(28)34(31,5)6/h9-23H,7-8H2,1-6H3/i7D,8D. The van der Waals surface area contributed by atoms with Gasteiger partial charge in [0.1, 0.15) is 0 Å². The van der Waals surface area contributed by atoms with E-state index in [4.69, 9.17) is 2.74 Å². The molecule has 0 aliphatic heterocycles. The number of nitrogens with zero attached hydrogens (tertiary/aromatic N) is 1. The highest BCUT2D eigenvalue weighted by atomic mass is 15.2. The van der Waals surface area contributed by atoms with Crippen molar-refractivity contribution < 1.29 is 2.74 Å². The van der Waals surface area contributed by atoms with Gasteiger partial charge in [-0.2, -0.15) is 0 Å². The Bertz CT molecular complexity index is 1430. The van der Waals surface area contributed by atoms with Gasteiger partial charge in [0.25, 0.3) is 0 Å². The van der Waals surface area contributed by atoms with Gasteiger partial charge in [-0.25, -0.2) is 0 Å². The molecule has 35 heavy (non-hydrogen) atoms. The summed E-state index contributed by atoms with van der Waals surface area (Å²) < 4.78 is 17.5. The molecule has 1 aliphatic rings. The minimum Gasteiger partial charge on any atom is -0.338 e. The van der Waals surface area contributed by atoms with Gasteiger partial charge in [0, 0.05) is 25.6 Å². The lowest BCUT2D eigenvalue weighted by molar-refractivity contribution is 0.659. The van der Waals surface area contributed by atoms with Crippen molar-refractivity contribution in [1.82, 2.24) is 0 Å². The summed E-state index contributed by atoms with van der Waals surface area (Å²) in [6.45, 7) is 12.9. The number of aryl methyl sites for hydroxylation is 2. The molecule has 0 amide bonds. The Morgan fingerprint density at radius 2 is 1.34 bits per heavy atom. The molecule has 5 rings (SSSR count). The topological polar surface area (TPSA) is 3.24 Å². The predicted octanol–water partition coefficient (Wildman–Crippen LogP) is 9.33. The normalized spacial score (nSPS) is 16.2. The van der Waals surface area contributed by atoms with E-state index in [1.165, 1.54) is 22.3 Å². The van der Waals surface area contributed by atoms with Crippen LogP contribution in [0.3, 0.4) is 0 Å². The van der Waals surface area contributed by atoms with Gasteiger partial charge in [-0.15, -0.1) is 0 Å². The minimum absolute atomic E-state index is 0.120. The van der Waals surface area contributed by atoms with E-state index < -0.39 is 0 Å². The summed E-state index contributed by atoms with van der Waals surface area (Å²) in [6, 6.07) is 30.3. The average Bonchev–Trinajstić information content (AvgIpc) is 3.10. The summed E-state index contributed by atoms with van der Waals surface area (Å²) in [4.78, 5) is 2.37. The van der Waals surface area contributed by atoms with Gasteiger partial charge in [-0.05, 0) is 89.3 Å². The summed E-state index contributed by atoms with van der Waals surface area (Å²) in [5, 5.41) is 0. The van der Waals surface area contributed by atoms with E-state index in [0.29, 0.717) is 0 Å². The third kappa shape index (κ3) is 3.88. The Kier molecular flexibility index (Phi) is 5.42. The van der Waals surface area contributed by atoms with E-state index in [0.717, 1.165) is 33.6 Å². The second kappa shape index (κ2) is 9.04. The lowest BCUT2D eigenvalue weighted by Crippen LogP contribution is -2.28. The molecule has 0 aromatic heterocycles. The van der Waals surface area contributed by atoms with E-state index in [-0.39, 0.29) is 24.3 Å². The van der Waals surface area contributed by atoms with Crippen LogP contribution in [0, 0.1) is 0 Å². The summed E-state index contributed by atoms with van der Waals surface area (Å²) in [5.41, 5.74) is 11.5. The van der Waals surface area contributed by atoms with Crippen LogP contribution in [0.4, 0.5) is 11.4 Å². The van der Waals surface area contributed by atoms with E-state index in [1.807, 2.05) is 19.9 Å². The molecule has 0 spiro atoms. The molecule has 0 saturated heterocycles. The zero-order chi connectivity index (χ0) is 26.5. The molecule has 2 unspecified atom stereocenters. The van der Waals surface area contributed by atoms with Crippen LogP contribution in [0.5, 0.6) is 0 Å². The van der Waals surface area contributed by atoms with E-state index >= 15 is 0 Å². The van der Waals surface area contributed by atoms with Crippen molar-refractivity contribution in [3.63, 3.8) is 0 Å². The molecule has 0 N–H and O–H groups in total. The van der Waals surface area contributed by atoms with Crippen LogP contribution in [0.15, 0.2) is 84.9 Å². The third-order valence-corrected chi connectivity index (χ3v) is 7.53. The number of benzene rings is 4. The monoisotopic (exact) mass is 461 g/mol. The van der Waals surface area contributed by atoms with Crippen LogP contribution in [0.1, 0.15) is 66.5 Å². The molecule has 1 aliphatic carbocycles. The van der Waals surface area contributed by atoms with Crippen molar-refractivity contribution in [3.05, 3.63) is 107 Å². The zero-order valence-corrected chi connectivity index (χ0v) is 21.8. The second-order valence-corrected chi connectivity index (χ2v) is 10.3. The molecule has 0 fully saturated rings. The summed E-state index contributed by atoms with van der Waals surface area (Å²) in [5.74, 6) is 0. The number of hydrogen-bond acceptors (Lipinski definition) is 1. The van der Waals surface area contributed by atoms with Crippen molar-refractivity contribution in [1.29, 1.82) is 0 Å². The van der Waals surface area contributed by atoms with E-state index in [1.54, 1.807) is 0 Å². The fraction of sp³-hybridized carbons (Fsp3) is 0.294. The molecule has 1 heteroatoms. The molecule has 4 aromatic carbocycles. The Balaban J connectivity index is 1.77. The highest BCUT2D eigenvalue weighted by Crippen LogP contribution is 2.51. The maximum absolute atomic E-state index is 8.85. The molecule has 0 heterocycles. The van der Waals surface area contributed by atoms with Gasteiger partial charge < -0.3 is 4.90 Å². The van der Waals surface area contributed by atoms with Crippen LogP contribution in [0.25, 0.3) is 22.3 Å². The van der Waals surface area contributed by atoms with E-state index in [9.17, 15) is 0 Å². The van der Waals surface area contributed by atoms with Crippen molar-refractivity contribution in [2.24, 2.45) is 0 Å². The Hall–Kier alpha value is -3.32. The van der Waals surface area contributed by atoms with Crippen molar-refractivity contribution in [2.75, 3.05) is 4.90 Å². The smallest absolute Gasteiger partial charge is 0.0451 e. The summed E-state index contributed by atoms with van der Waals surface area (Å²) in [6.07, 6.45) is -0.750. The second-order valence-electron chi connectivity index (χ2n) is 10.3. The molecule has 4 aromatic rings. The first kappa shape index (κ1) is 21.0. The number of hydrogen-bond donors (Lipinski definition) is 0. The van der Waals surface area contributed by atoms with Crippen molar-refractivity contribution in [3.8, 4) is 22.3 Å². The molecule has 178 valence electrons. The molecule has 2 atom stereocenters. The highest BCUT2D eigenvalue weighted by molar-refractivity contribution is 5.85. The van der Waals surface area contributed by atoms with Gasteiger partial charge in [0.15, 0.2) is 0 Å². The highest BCUT2D eigenvalue weighted by Gasteiger charge is 2.36. The predicted molar refractivity (Wildman–Crippen MR) is 152 cm³/mol. The first-order valence-corrected chi connectivity index (χ1v) is 12.7. The Labute approximate surface area is 214 Å². The fourth-order valence-electron chi connectivity index (χ4n) is 5.69. The summed E-state index contributed by atoms with van der Waals surface area (Å²) in [7, 11) is 0. The average molecular weight is 462 g/mol. The molecule has 0 radical (unpaired) electrons. The molecule has 1 nitrogen and oxygen atoms in total. The first-order chi connectivity index (χ1) is 17.6. The zero-order valence-electron chi connectivity index (χ0n) is 23.8. The van der Waals surface area contributed by atoms with Gasteiger partial charge in [0.2, 0.25) is 0 Å². The quantitative estimate of drug-likeness (QED) is 0.276. The van der Waals surface area contributed by atoms with Crippen LogP contribution in [0.2, 0.25) is 0 Å². The number of rotatable bonds is 6. The van der Waals surface area contributed by atoms with Gasteiger partial charge in [0.05, 0.1) is 0 Å². The SMILES string of the molecule is [2H]C(C)c1ccc(-c2ccccc2)cc1N(c1cc2c(cc1C([2H])C)-c1ccccc1C2(C)C)C(C)C. The van der Waals surface area contributed by atoms with Crippen molar-refractivity contribution >= 4 is 11.4 Å². The summed E-state index contributed by atoms with van der Waals surface area (Å²) >= 11 is 0. The third-order valence-electron chi connectivity index (χ3n) is 7.53. The van der Waals surface area contributed by atoms with E-state index in [2.05, 4.69) is 111 Å². The minimum atomic E-state index is -0.383. The maximum atomic E-state index is 8.85. The Morgan fingerprint density at radius 3 is 2.03 bits per heavy atom. The number of fused-ring (bicyclic) bond motifs is 3. The fourth-order valence-corrected chi connectivity index (χ4v) is 5.69. The molecular weight excluding hydrogens is 422 g/mol. The lowest BCUT2D eigenvalue weighted by Gasteiger charge is -2.34. The van der Waals surface area contributed by atoms with Crippen LogP contribution >= 0.6 is 0 Å². The van der Waals surface area contributed by atoms with Crippen LogP contribution < -0.4 is 4.90 Å². The van der Waals surface area contributed by atoms with Gasteiger partial charge in [-0.3, -0.25) is 0 Å². The Morgan fingerprint density at radius 1 is 0.686 bits per heavy atom. The van der Waals surface area contributed by atoms with Gasteiger partial charge >= 0.3 is 0 Å². The van der Waals surface area contributed by atoms with Crippen molar-refractivity contribution in [2.45, 2.75) is 65.8 Å². The molecular formula is C34H37N. The van der Waals surface area contributed by atoms with Crippen LogP contribution in [-0.2, 0) is 18.2 Å². The van der Waals surface area contributed by atoms with Crippen LogP contribution in [-0.4, -0.2) is 6.04 Å². The van der Waals surface area contributed by atoms with Gasteiger partial charge in [-0.1, -0.05) is 94.4 Å².